The fourth-order valence-electron chi connectivity index (χ4n) is 2.19. The molecule has 0 radical (unpaired) electrons. The molecule has 1 unspecified atom stereocenters. The first-order valence-electron chi connectivity index (χ1n) is 5.76. The number of carbonyl (C=O) groups is 1. The number of halogens is 1. The molecule has 1 saturated heterocycles. The number of hydrogen-bond acceptors (Lipinski definition) is 4. The van der Waals surface area contributed by atoms with Crippen LogP contribution in [0.1, 0.15) is 16.8 Å². The highest BCUT2D eigenvalue weighted by molar-refractivity contribution is 7.91. The van der Waals surface area contributed by atoms with E-state index < -0.39 is 27.2 Å². The van der Waals surface area contributed by atoms with Crippen molar-refractivity contribution in [2.45, 2.75) is 12.5 Å². The lowest BCUT2D eigenvalue weighted by atomic mass is 10.1. The van der Waals surface area contributed by atoms with E-state index in [4.69, 9.17) is 5.11 Å². The molecule has 1 aromatic carbocycles. The maximum atomic E-state index is 13.6. The Morgan fingerprint density at radius 1 is 1.47 bits per heavy atom. The summed E-state index contributed by atoms with van der Waals surface area (Å²) < 4.78 is 36.4. The number of rotatable bonds is 3. The Labute approximate surface area is 110 Å². The Bertz CT molecular complexity index is 614. The number of sulfone groups is 1. The van der Waals surface area contributed by atoms with Crippen LogP contribution in [0, 0.1) is 5.82 Å². The molecular weight excluding hydrogens is 273 g/mol. The van der Waals surface area contributed by atoms with Crippen LogP contribution in [-0.2, 0) is 9.84 Å². The van der Waals surface area contributed by atoms with E-state index in [1.54, 1.807) is 11.9 Å². The molecule has 104 valence electrons. The van der Waals surface area contributed by atoms with E-state index in [0.29, 0.717) is 12.1 Å². The number of anilines is 1. The van der Waals surface area contributed by atoms with Crippen LogP contribution in [0.15, 0.2) is 18.2 Å². The summed E-state index contributed by atoms with van der Waals surface area (Å²) in [4.78, 5) is 12.4. The Morgan fingerprint density at radius 3 is 2.63 bits per heavy atom. The third-order valence-corrected chi connectivity index (χ3v) is 5.10. The highest BCUT2D eigenvalue weighted by atomic mass is 32.2. The van der Waals surface area contributed by atoms with Crippen LogP contribution in [0.5, 0.6) is 0 Å². The number of nitrogens with zero attached hydrogens (tertiary/aromatic N) is 1. The zero-order valence-corrected chi connectivity index (χ0v) is 11.2. The van der Waals surface area contributed by atoms with Crippen molar-refractivity contribution in [2.24, 2.45) is 0 Å². The largest absolute Gasteiger partial charge is 0.478 e. The molecule has 1 N–H and O–H groups in total. The predicted octanol–water partition coefficient (Wildman–Crippen LogP) is 1.15. The lowest BCUT2D eigenvalue weighted by Crippen LogP contribution is -2.32. The second-order valence-corrected chi connectivity index (χ2v) is 6.87. The number of carboxylic acid groups (broad SMARTS) is 1. The van der Waals surface area contributed by atoms with Gasteiger partial charge in [-0.25, -0.2) is 17.6 Å². The average Bonchev–Trinajstić information content (AvgIpc) is 2.68. The second-order valence-electron chi connectivity index (χ2n) is 4.64. The highest BCUT2D eigenvalue weighted by Gasteiger charge is 2.31. The average molecular weight is 287 g/mol. The van der Waals surface area contributed by atoms with Crippen molar-refractivity contribution in [1.82, 2.24) is 0 Å². The first kappa shape index (κ1) is 13.8. The number of aromatic carboxylic acids is 1. The molecule has 0 saturated carbocycles. The lowest BCUT2D eigenvalue weighted by molar-refractivity contribution is 0.0692. The first-order valence-corrected chi connectivity index (χ1v) is 7.58. The van der Waals surface area contributed by atoms with E-state index in [0.717, 1.165) is 6.07 Å². The van der Waals surface area contributed by atoms with Gasteiger partial charge in [-0.2, -0.15) is 0 Å². The smallest absolute Gasteiger partial charge is 0.338 e. The van der Waals surface area contributed by atoms with E-state index in [2.05, 4.69) is 0 Å². The van der Waals surface area contributed by atoms with E-state index >= 15 is 0 Å². The minimum Gasteiger partial charge on any atom is -0.478 e. The number of carboxylic acids is 1. The molecule has 1 atom stereocenters. The molecule has 0 aliphatic carbocycles. The molecule has 1 aliphatic rings. The van der Waals surface area contributed by atoms with Crippen LogP contribution in [0.3, 0.4) is 0 Å². The highest BCUT2D eigenvalue weighted by Crippen LogP contribution is 2.24. The van der Waals surface area contributed by atoms with Gasteiger partial charge < -0.3 is 10.0 Å². The van der Waals surface area contributed by atoms with Gasteiger partial charge in [0.25, 0.3) is 0 Å². The zero-order valence-electron chi connectivity index (χ0n) is 10.3. The first-order chi connectivity index (χ1) is 8.80. The van der Waals surface area contributed by atoms with Crippen molar-refractivity contribution >= 4 is 21.5 Å². The van der Waals surface area contributed by atoms with Crippen LogP contribution in [0.25, 0.3) is 0 Å². The Hall–Kier alpha value is -1.63. The van der Waals surface area contributed by atoms with E-state index in [1.807, 2.05) is 0 Å². The Morgan fingerprint density at radius 2 is 2.16 bits per heavy atom. The summed E-state index contributed by atoms with van der Waals surface area (Å²) in [5.41, 5.74) is 0.0841. The van der Waals surface area contributed by atoms with Gasteiger partial charge in [-0.3, -0.25) is 0 Å². The van der Waals surface area contributed by atoms with Gasteiger partial charge in [0.15, 0.2) is 9.84 Å². The van der Waals surface area contributed by atoms with Crippen LogP contribution in [0.4, 0.5) is 10.1 Å². The molecular formula is C12H14FNO4S. The quantitative estimate of drug-likeness (QED) is 0.902. The fourth-order valence-corrected chi connectivity index (χ4v) is 3.96. The third kappa shape index (κ3) is 2.86. The fraction of sp³-hybridized carbons (Fsp3) is 0.417. The Kier molecular flexibility index (Phi) is 3.49. The topological polar surface area (TPSA) is 74.7 Å². The summed E-state index contributed by atoms with van der Waals surface area (Å²) in [6, 6.07) is 3.60. The molecule has 0 aromatic heterocycles. The van der Waals surface area contributed by atoms with Gasteiger partial charge in [0.05, 0.1) is 17.1 Å². The molecule has 0 bridgehead atoms. The molecule has 7 heteroatoms. The minimum atomic E-state index is -3.01. The molecule has 2 rings (SSSR count). The monoisotopic (exact) mass is 287 g/mol. The number of benzene rings is 1. The normalized spacial score (nSPS) is 21.3. The van der Waals surface area contributed by atoms with Gasteiger partial charge in [-0.15, -0.1) is 0 Å². The summed E-state index contributed by atoms with van der Waals surface area (Å²) in [5, 5.41) is 8.74. The van der Waals surface area contributed by atoms with Crippen molar-refractivity contribution in [3.8, 4) is 0 Å². The maximum Gasteiger partial charge on any atom is 0.338 e. The molecule has 1 heterocycles. The number of hydrogen-bond donors (Lipinski definition) is 1. The van der Waals surface area contributed by atoms with Gasteiger partial charge >= 0.3 is 5.97 Å². The van der Waals surface area contributed by atoms with Crippen molar-refractivity contribution in [3.05, 3.63) is 29.6 Å². The molecule has 0 amide bonds. The third-order valence-electron chi connectivity index (χ3n) is 3.35. The van der Waals surface area contributed by atoms with Crippen LogP contribution >= 0.6 is 0 Å². The van der Waals surface area contributed by atoms with E-state index in [1.165, 1.54) is 12.1 Å². The molecule has 1 aliphatic heterocycles. The summed E-state index contributed by atoms with van der Waals surface area (Å²) in [6.45, 7) is 0. The SMILES string of the molecule is CN(c1ccc(C(=O)O)c(F)c1)C1CCS(=O)(=O)C1. The van der Waals surface area contributed by atoms with E-state index in [9.17, 15) is 17.6 Å². The van der Waals surface area contributed by atoms with Crippen molar-refractivity contribution < 1.29 is 22.7 Å². The lowest BCUT2D eigenvalue weighted by Gasteiger charge is -2.25. The van der Waals surface area contributed by atoms with E-state index in [-0.39, 0.29) is 17.5 Å². The van der Waals surface area contributed by atoms with Gasteiger partial charge in [0.2, 0.25) is 0 Å². The predicted molar refractivity (Wildman–Crippen MR) is 68.8 cm³/mol. The molecule has 5 nitrogen and oxygen atoms in total. The standard InChI is InChI=1S/C12H14FNO4S/c1-14(9-4-5-19(17,18)7-9)8-2-3-10(12(15)16)11(13)6-8/h2-3,6,9H,4-5,7H2,1H3,(H,15,16). The summed E-state index contributed by atoms with van der Waals surface area (Å²) in [7, 11) is -1.33. The van der Waals surface area contributed by atoms with Crippen LogP contribution < -0.4 is 4.90 Å². The van der Waals surface area contributed by atoms with Gasteiger partial charge in [0.1, 0.15) is 5.82 Å². The molecule has 1 fully saturated rings. The summed E-state index contributed by atoms with van der Waals surface area (Å²) >= 11 is 0. The van der Waals surface area contributed by atoms with Crippen LogP contribution in [0.2, 0.25) is 0 Å². The van der Waals surface area contributed by atoms with Crippen molar-refractivity contribution in [3.63, 3.8) is 0 Å². The second kappa shape index (κ2) is 4.80. The van der Waals surface area contributed by atoms with Gasteiger partial charge in [-0.1, -0.05) is 0 Å². The zero-order chi connectivity index (χ0) is 14.2. The molecule has 1 aromatic rings. The molecule has 19 heavy (non-hydrogen) atoms. The van der Waals surface area contributed by atoms with Crippen molar-refractivity contribution in [1.29, 1.82) is 0 Å². The maximum absolute atomic E-state index is 13.6. The van der Waals surface area contributed by atoms with Gasteiger partial charge in [0, 0.05) is 18.8 Å². The Balaban J connectivity index is 2.23. The minimum absolute atomic E-state index is 0.0474. The summed E-state index contributed by atoms with van der Waals surface area (Å²) in [6.07, 6.45) is 0.501. The van der Waals surface area contributed by atoms with Crippen LogP contribution in [-0.4, -0.2) is 44.1 Å². The van der Waals surface area contributed by atoms with Crippen molar-refractivity contribution in [2.75, 3.05) is 23.5 Å². The van der Waals surface area contributed by atoms with Gasteiger partial charge in [-0.05, 0) is 24.6 Å². The molecule has 0 spiro atoms. The summed E-state index contributed by atoms with van der Waals surface area (Å²) in [5.74, 6) is -1.96.